The van der Waals surface area contributed by atoms with Gasteiger partial charge in [-0.15, -0.1) is 10.2 Å². The van der Waals surface area contributed by atoms with Gasteiger partial charge in [0.25, 0.3) is 0 Å². The minimum absolute atomic E-state index is 0.463. The van der Waals surface area contributed by atoms with Gasteiger partial charge in [0.15, 0.2) is 0 Å². The highest BCUT2D eigenvalue weighted by Crippen LogP contribution is 2.33. The van der Waals surface area contributed by atoms with E-state index in [1.165, 1.54) is 47.2 Å². The van der Waals surface area contributed by atoms with E-state index < -0.39 is 0 Å². The zero-order chi connectivity index (χ0) is 17.5. The van der Waals surface area contributed by atoms with E-state index in [0.717, 1.165) is 26.1 Å². The van der Waals surface area contributed by atoms with Gasteiger partial charge in [0.1, 0.15) is 11.6 Å². The summed E-state index contributed by atoms with van der Waals surface area (Å²) in [5.41, 5.74) is 1.42. The molecule has 1 saturated heterocycles. The van der Waals surface area contributed by atoms with Crippen molar-refractivity contribution >= 4 is 10.8 Å². The molecule has 2 aromatic carbocycles. The van der Waals surface area contributed by atoms with Gasteiger partial charge in [-0.2, -0.15) is 0 Å². The molecule has 2 aliphatic rings. The Morgan fingerprint density at radius 3 is 2.62 bits per heavy atom. The smallest absolute Gasteiger partial charge is 0.136 e. The van der Waals surface area contributed by atoms with E-state index in [-0.39, 0.29) is 0 Å². The van der Waals surface area contributed by atoms with Crippen LogP contribution in [0.3, 0.4) is 0 Å². The average Bonchev–Trinajstić information content (AvgIpc) is 3.31. The lowest BCUT2D eigenvalue weighted by Crippen LogP contribution is -2.35. The molecule has 1 atom stereocenters. The molecule has 1 aromatic heterocycles. The Balaban J connectivity index is 1.29. The van der Waals surface area contributed by atoms with Gasteiger partial charge in [-0.25, -0.2) is 0 Å². The molecule has 2 aliphatic heterocycles. The Morgan fingerprint density at radius 2 is 1.77 bits per heavy atom. The molecule has 3 aromatic rings. The molecule has 4 heteroatoms. The molecule has 0 N–H and O–H groups in total. The molecule has 0 unspecified atom stereocenters. The summed E-state index contributed by atoms with van der Waals surface area (Å²) in [6, 6.07) is 16.0. The maximum absolute atomic E-state index is 4.52. The topological polar surface area (TPSA) is 34.0 Å². The normalized spacial score (nSPS) is 19.7. The number of nitrogens with zero attached hydrogens (tertiary/aromatic N) is 4. The van der Waals surface area contributed by atoms with Crippen LogP contribution in [0.5, 0.6) is 0 Å². The zero-order valence-electron chi connectivity index (χ0n) is 15.4. The van der Waals surface area contributed by atoms with Crippen LogP contribution in [-0.4, -0.2) is 32.8 Å². The second-order valence-electron chi connectivity index (χ2n) is 7.82. The summed E-state index contributed by atoms with van der Waals surface area (Å²) in [4.78, 5) is 2.63. The lowest BCUT2D eigenvalue weighted by atomic mass is 9.93. The van der Waals surface area contributed by atoms with Crippen LogP contribution < -0.4 is 0 Å². The van der Waals surface area contributed by atoms with E-state index in [2.05, 4.69) is 69.1 Å². The van der Waals surface area contributed by atoms with Crippen molar-refractivity contribution < 1.29 is 0 Å². The zero-order valence-corrected chi connectivity index (χ0v) is 15.4. The summed E-state index contributed by atoms with van der Waals surface area (Å²) >= 11 is 0. The van der Waals surface area contributed by atoms with Gasteiger partial charge in [-0.05, 0) is 61.7 Å². The molecule has 26 heavy (non-hydrogen) atoms. The summed E-state index contributed by atoms with van der Waals surface area (Å²) < 4.78 is 2.38. The fourth-order valence-corrected chi connectivity index (χ4v) is 4.70. The number of hydrogen-bond acceptors (Lipinski definition) is 3. The van der Waals surface area contributed by atoms with Crippen LogP contribution in [0.25, 0.3) is 10.8 Å². The van der Waals surface area contributed by atoms with E-state index in [0.29, 0.717) is 12.0 Å². The van der Waals surface area contributed by atoms with E-state index in [4.69, 9.17) is 0 Å². The highest BCUT2D eigenvalue weighted by Gasteiger charge is 2.29. The first-order valence-electron chi connectivity index (χ1n) is 9.94. The summed E-state index contributed by atoms with van der Waals surface area (Å²) in [7, 11) is 0. The maximum atomic E-state index is 4.52. The molecule has 5 rings (SSSR count). The quantitative estimate of drug-likeness (QED) is 0.708. The standard InChI is InChI=1S/C22H26N4/c1-16(19-9-8-17-5-2-3-6-20(17)15-19)25-13-10-18(11-14-25)22-24-23-21-7-4-12-26(21)22/h2-3,5-6,8-9,15-16,18H,4,7,10-14H2,1H3/t16-/m1/s1. The highest BCUT2D eigenvalue weighted by atomic mass is 15.3. The summed E-state index contributed by atoms with van der Waals surface area (Å²) in [5.74, 6) is 3.02. The molecule has 0 saturated carbocycles. The molecule has 3 heterocycles. The first-order chi connectivity index (χ1) is 12.8. The van der Waals surface area contributed by atoms with Crippen molar-refractivity contribution in [3.63, 3.8) is 0 Å². The number of likely N-dealkylation sites (tertiary alicyclic amines) is 1. The summed E-state index contributed by atoms with van der Waals surface area (Å²) in [6.07, 6.45) is 4.71. The lowest BCUT2D eigenvalue weighted by molar-refractivity contribution is 0.159. The molecule has 0 amide bonds. The van der Waals surface area contributed by atoms with Crippen LogP contribution in [0.2, 0.25) is 0 Å². The molecule has 4 nitrogen and oxygen atoms in total. The Hall–Kier alpha value is -2.20. The van der Waals surface area contributed by atoms with Crippen molar-refractivity contribution in [3.05, 3.63) is 59.7 Å². The van der Waals surface area contributed by atoms with Gasteiger partial charge in [0.2, 0.25) is 0 Å². The van der Waals surface area contributed by atoms with Crippen LogP contribution >= 0.6 is 0 Å². The molecule has 1 fully saturated rings. The Kier molecular flexibility index (Phi) is 4.01. The van der Waals surface area contributed by atoms with Gasteiger partial charge in [-0.3, -0.25) is 4.90 Å². The Bertz CT molecular complexity index is 921. The van der Waals surface area contributed by atoms with Gasteiger partial charge in [-0.1, -0.05) is 36.4 Å². The maximum Gasteiger partial charge on any atom is 0.136 e. The number of piperidine rings is 1. The molecule has 0 radical (unpaired) electrons. The van der Waals surface area contributed by atoms with Gasteiger partial charge in [0.05, 0.1) is 0 Å². The number of aryl methyl sites for hydroxylation is 1. The van der Waals surface area contributed by atoms with E-state index in [1.807, 2.05) is 0 Å². The van der Waals surface area contributed by atoms with Gasteiger partial charge >= 0.3 is 0 Å². The minimum atomic E-state index is 0.463. The van der Waals surface area contributed by atoms with Crippen LogP contribution in [-0.2, 0) is 13.0 Å². The van der Waals surface area contributed by atoms with Crippen molar-refractivity contribution in [2.45, 2.75) is 51.1 Å². The largest absolute Gasteiger partial charge is 0.315 e. The van der Waals surface area contributed by atoms with Crippen molar-refractivity contribution in [1.82, 2.24) is 19.7 Å². The van der Waals surface area contributed by atoms with Crippen molar-refractivity contribution in [1.29, 1.82) is 0 Å². The predicted octanol–water partition coefficient (Wildman–Crippen LogP) is 4.32. The van der Waals surface area contributed by atoms with Gasteiger partial charge < -0.3 is 4.57 Å². The monoisotopic (exact) mass is 346 g/mol. The number of rotatable bonds is 3. The van der Waals surface area contributed by atoms with Crippen LogP contribution in [0.4, 0.5) is 0 Å². The highest BCUT2D eigenvalue weighted by molar-refractivity contribution is 5.83. The number of fused-ring (bicyclic) bond motifs is 2. The SMILES string of the molecule is C[C@H](c1ccc2ccccc2c1)N1CCC(c2nnc3n2CCC3)CC1. The minimum Gasteiger partial charge on any atom is -0.315 e. The third kappa shape index (κ3) is 2.73. The summed E-state index contributed by atoms with van der Waals surface area (Å²) in [6.45, 7) is 5.74. The fourth-order valence-electron chi connectivity index (χ4n) is 4.70. The van der Waals surface area contributed by atoms with Crippen LogP contribution in [0.15, 0.2) is 42.5 Å². The van der Waals surface area contributed by atoms with E-state index >= 15 is 0 Å². The van der Waals surface area contributed by atoms with Gasteiger partial charge in [0, 0.05) is 24.9 Å². The second-order valence-corrected chi connectivity index (χ2v) is 7.82. The lowest BCUT2D eigenvalue weighted by Gasteiger charge is -2.36. The Morgan fingerprint density at radius 1 is 0.962 bits per heavy atom. The summed E-state index contributed by atoms with van der Waals surface area (Å²) in [5, 5.41) is 11.6. The Labute approximate surface area is 154 Å². The molecule has 134 valence electrons. The average molecular weight is 346 g/mol. The molecular formula is C22H26N4. The van der Waals surface area contributed by atoms with Crippen LogP contribution in [0.1, 0.15) is 55.4 Å². The molecule has 0 spiro atoms. The van der Waals surface area contributed by atoms with Crippen molar-refractivity contribution in [2.24, 2.45) is 0 Å². The van der Waals surface area contributed by atoms with Crippen LogP contribution in [0, 0.1) is 0 Å². The van der Waals surface area contributed by atoms with Crippen molar-refractivity contribution in [3.8, 4) is 0 Å². The first kappa shape index (κ1) is 16.0. The predicted molar refractivity (Wildman–Crippen MR) is 104 cm³/mol. The van der Waals surface area contributed by atoms with E-state index in [1.54, 1.807) is 0 Å². The fraction of sp³-hybridized carbons (Fsp3) is 0.455. The van der Waals surface area contributed by atoms with E-state index in [9.17, 15) is 0 Å². The molecule has 0 aliphatic carbocycles. The number of hydrogen-bond donors (Lipinski definition) is 0. The number of benzene rings is 2. The van der Waals surface area contributed by atoms with Crippen molar-refractivity contribution in [2.75, 3.05) is 13.1 Å². The second kappa shape index (κ2) is 6.51. The molecule has 0 bridgehead atoms. The first-order valence-corrected chi connectivity index (χ1v) is 9.94. The third-order valence-corrected chi connectivity index (χ3v) is 6.34. The molecular weight excluding hydrogens is 320 g/mol. The third-order valence-electron chi connectivity index (χ3n) is 6.34. The number of aromatic nitrogens is 3.